The Labute approximate surface area is 94.8 Å². The Morgan fingerprint density at radius 3 is 1.53 bits per heavy atom. The molecular formula is C15H26. The van der Waals surface area contributed by atoms with Crippen molar-refractivity contribution in [1.29, 1.82) is 0 Å². The van der Waals surface area contributed by atoms with Crippen molar-refractivity contribution in [2.75, 3.05) is 0 Å². The molecule has 0 bridgehead atoms. The van der Waals surface area contributed by atoms with Gasteiger partial charge in [-0.1, -0.05) is 20.8 Å². The van der Waals surface area contributed by atoms with E-state index in [2.05, 4.69) is 20.8 Å². The molecule has 0 spiro atoms. The minimum absolute atomic E-state index is 1.03. The van der Waals surface area contributed by atoms with Crippen LogP contribution in [0.4, 0.5) is 0 Å². The van der Waals surface area contributed by atoms with Gasteiger partial charge in [0.15, 0.2) is 0 Å². The van der Waals surface area contributed by atoms with Crippen molar-refractivity contribution in [3.05, 3.63) is 0 Å². The Hall–Kier alpha value is 0. The summed E-state index contributed by atoms with van der Waals surface area (Å²) in [6.07, 6.45) is 7.80. The van der Waals surface area contributed by atoms with Crippen LogP contribution in [-0.4, -0.2) is 0 Å². The van der Waals surface area contributed by atoms with Crippen LogP contribution in [0.2, 0.25) is 0 Å². The van der Waals surface area contributed by atoms with Gasteiger partial charge in [0.25, 0.3) is 0 Å². The summed E-state index contributed by atoms with van der Waals surface area (Å²) in [5.74, 6) is 7.54. The summed E-state index contributed by atoms with van der Waals surface area (Å²) in [4.78, 5) is 0. The van der Waals surface area contributed by atoms with E-state index in [0.29, 0.717) is 0 Å². The molecule has 0 radical (unpaired) electrons. The lowest BCUT2D eigenvalue weighted by Gasteiger charge is -2.37. The first-order chi connectivity index (χ1) is 7.15. The first-order valence-corrected chi connectivity index (χ1v) is 7.15. The van der Waals surface area contributed by atoms with Gasteiger partial charge in [-0.15, -0.1) is 0 Å². The molecule has 0 aromatic carbocycles. The van der Waals surface area contributed by atoms with Gasteiger partial charge in [0.2, 0.25) is 0 Å². The van der Waals surface area contributed by atoms with Gasteiger partial charge in [0.1, 0.15) is 0 Å². The summed E-state index contributed by atoms with van der Waals surface area (Å²) in [5, 5.41) is 0. The number of hydrogen-bond acceptors (Lipinski definition) is 0. The highest BCUT2D eigenvalue weighted by Gasteiger charge is 2.47. The lowest BCUT2D eigenvalue weighted by atomic mass is 9.68. The Balaban J connectivity index is 1.76. The minimum Gasteiger partial charge on any atom is -0.0625 e. The Morgan fingerprint density at radius 1 is 0.600 bits per heavy atom. The predicted molar refractivity (Wildman–Crippen MR) is 64.5 cm³/mol. The quantitative estimate of drug-likeness (QED) is 0.553. The zero-order valence-corrected chi connectivity index (χ0v) is 10.6. The van der Waals surface area contributed by atoms with Gasteiger partial charge in [-0.3, -0.25) is 0 Å². The molecular weight excluding hydrogens is 180 g/mol. The summed E-state index contributed by atoms with van der Waals surface area (Å²) in [7, 11) is 0. The van der Waals surface area contributed by atoms with Crippen LogP contribution in [0.1, 0.15) is 52.9 Å². The molecule has 86 valence electrons. The number of hydrogen-bond donors (Lipinski definition) is 0. The van der Waals surface area contributed by atoms with Crippen LogP contribution >= 0.6 is 0 Å². The van der Waals surface area contributed by atoms with Crippen molar-refractivity contribution in [2.24, 2.45) is 41.4 Å². The highest BCUT2D eigenvalue weighted by atomic mass is 14.5. The SMILES string of the molecule is CC1CC2CC3C(C)CC(C)C3CC2C1. The van der Waals surface area contributed by atoms with E-state index in [1.807, 2.05) is 0 Å². The van der Waals surface area contributed by atoms with Gasteiger partial charge >= 0.3 is 0 Å². The fourth-order valence-corrected chi connectivity index (χ4v) is 5.39. The molecule has 0 aromatic rings. The third-order valence-electron chi connectivity index (χ3n) is 5.98. The molecule has 0 nitrogen and oxygen atoms in total. The second kappa shape index (κ2) is 3.50. The second-order valence-electron chi connectivity index (χ2n) is 7.09. The second-order valence-corrected chi connectivity index (χ2v) is 7.09. The van der Waals surface area contributed by atoms with Crippen LogP contribution in [0.25, 0.3) is 0 Å². The molecule has 0 aromatic heterocycles. The van der Waals surface area contributed by atoms with E-state index >= 15 is 0 Å². The number of rotatable bonds is 0. The molecule has 3 saturated carbocycles. The first-order valence-electron chi connectivity index (χ1n) is 7.15. The Bertz CT molecular complexity index is 220. The maximum Gasteiger partial charge on any atom is -0.0355 e. The van der Waals surface area contributed by atoms with Crippen molar-refractivity contribution < 1.29 is 0 Å². The van der Waals surface area contributed by atoms with E-state index in [4.69, 9.17) is 0 Å². The maximum atomic E-state index is 2.51. The molecule has 0 aliphatic heterocycles. The first kappa shape index (κ1) is 10.2. The van der Waals surface area contributed by atoms with Gasteiger partial charge < -0.3 is 0 Å². The topological polar surface area (TPSA) is 0 Å². The summed E-state index contributed by atoms with van der Waals surface area (Å²) in [6.45, 7) is 7.50. The molecule has 3 aliphatic rings. The molecule has 0 amide bonds. The molecule has 0 heteroatoms. The normalized spacial score (nSPS) is 59.0. The van der Waals surface area contributed by atoms with E-state index in [0.717, 1.165) is 41.4 Å². The summed E-state index contributed by atoms with van der Waals surface area (Å²) < 4.78 is 0. The van der Waals surface area contributed by atoms with E-state index in [1.54, 1.807) is 25.7 Å². The third kappa shape index (κ3) is 1.56. The molecule has 15 heavy (non-hydrogen) atoms. The van der Waals surface area contributed by atoms with Crippen molar-refractivity contribution in [2.45, 2.75) is 52.9 Å². The monoisotopic (exact) mass is 206 g/mol. The van der Waals surface area contributed by atoms with Gasteiger partial charge in [-0.25, -0.2) is 0 Å². The zero-order chi connectivity index (χ0) is 10.6. The largest absolute Gasteiger partial charge is 0.0625 e. The van der Waals surface area contributed by atoms with E-state index in [9.17, 15) is 0 Å². The summed E-state index contributed by atoms with van der Waals surface area (Å²) in [5.41, 5.74) is 0. The van der Waals surface area contributed by atoms with Crippen LogP contribution < -0.4 is 0 Å². The van der Waals surface area contributed by atoms with Gasteiger partial charge in [0, 0.05) is 0 Å². The lowest BCUT2D eigenvalue weighted by Crippen LogP contribution is -2.29. The molecule has 0 saturated heterocycles. The van der Waals surface area contributed by atoms with Crippen LogP contribution in [0.3, 0.4) is 0 Å². The van der Waals surface area contributed by atoms with Gasteiger partial charge in [0.05, 0.1) is 0 Å². The van der Waals surface area contributed by atoms with Crippen LogP contribution in [-0.2, 0) is 0 Å². The van der Waals surface area contributed by atoms with E-state index < -0.39 is 0 Å². The van der Waals surface area contributed by atoms with E-state index in [-0.39, 0.29) is 0 Å². The fraction of sp³-hybridized carbons (Fsp3) is 1.00. The van der Waals surface area contributed by atoms with E-state index in [1.165, 1.54) is 6.42 Å². The smallest absolute Gasteiger partial charge is 0.0355 e. The molecule has 3 rings (SSSR count). The zero-order valence-electron chi connectivity index (χ0n) is 10.6. The molecule has 6 atom stereocenters. The van der Waals surface area contributed by atoms with Gasteiger partial charge in [-0.05, 0) is 73.5 Å². The molecule has 3 fully saturated rings. The average Bonchev–Trinajstić information content (AvgIpc) is 2.65. The maximum absolute atomic E-state index is 2.51. The Kier molecular flexibility index (Phi) is 2.37. The van der Waals surface area contributed by atoms with Crippen molar-refractivity contribution >= 4 is 0 Å². The highest BCUT2D eigenvalue weighted by molar-refractivity contribution is 4.97. The van der Waals surface area contributed by atoms with Crippen molar-refractivity contribution in [3.63, 3.8) is 0 Å². The summed E-state index contributed by atoms with van der Waals surface area (Å²) in [6, 6.07) is 0. The van der Waals surface area contributed by atoms with Crippen LogP contribution in [0, 0.1) is 41.4 Å². The molecule has 6 unspecified atom stereocenters. The van der Waals surface area contributed by atoms with Crippen LogP contribution in [0.15, 0.2) is 0 Å². The highest BCUT2D eigenvalue weighted by Crippen LogP contribution is 2.56. The van der Waals surface area contributed by atoms with Crippen LogP contribution in [0.5, 0.6) is 0 Å². The van der Waals surface area contributed by atoms with Crippen molar-refractivity contribution in [1.82, 2.24) is 0 Å². The standard InChI is InChI=1S/C15H26/c1-9-4-12-7-14-10(2)6-11(3)15(14)8-13(12)5-9/h9-15H,4-8H2,1-3H3. The van der Waals surface area contributed by atoms with Gasteiger partial charge in [-0.2, -0.15) is 0 Å². The minimum atomic E-state index is 1.03. The molecule has 0 heterocycles. The average molecular weight is 206 g/mol. The third-order valence-corrected chi connectivity index (χ3v) is 5.98. The molecule has 0 N–H and O–H groups in total. The predicted octanol–water partition coefficient (Wildman–Crippen LogP) is 4.35. The number of fused-ring (bicyclic) bond motifs is 2. The lowest BCUT2D eigenvalue weighted by molar-refractivity contribution is 0.119. The summed E-state index contributed by atoms with van der Waals surface area (Å²) >= 11 is 0. The Morgan fingerprint density at radius 2 is 1.07 bits per heavy atom. The van der Waals surface area contributed by atoms with Crippen molar-refractivity contribution in [3.8, 4) is 0 Å². The molecule has 3 aliphatic carbocycles. The fourth-order valence-electron chi connectivity index (χ4n) is 5.39.